The lowest BCUT2D eigenvalue weighted by Gasteiger charge is -2.06. The van der Waals surface area contributed by atoms with Gasteiger partial charge in [-0.2, -0.15) is 13.2 Å². The number of thioether (sulfide) groups is 1. The number of amides is 1. The number of nitrogens with one attached hydrogen (secondary N) is 1. The molecule has 0 aliphatic rings. The Labute approximate surface area is 180 Å². The van der Waals surface area contributed by atoms with Crippen LogP contribution in [0.15, 0.2) is 71.6 Å². The number of hydrogen-bond acceptors (Lipinski definition) is 3. The zero-order valence-corrected chi connectivity index (χ0v) is 16.8. The molecule has 0 saturated heterocycles. The van der Waals surface area contributed by atoms with Gasteiger partial charge >= 0.3 is 5.51 Å². The number of carbonyl (C=O) groups is 1. The molecule has 4 nitrogen and oxygen atoms in total. The zero-order valence-electron chi connectivity index (χ0n) is 16.0. The van der Waals surface area contributed by atoms with Gasteiger partial charge in [-0.05, 0) is 64.9 Å². The third kappa shape index (κ3) is 4.97. The highest BCUT2D eigenvalue weighted by molar-refractivity contribution is 8.00. The molecule has 156 valence electrons. The Morgan fingerprint density at radius 3 is 2.45 bits per heavy atom. The van der Waals surface area contributed by atoms with Crippen LogP contribution in [0.1, 0.15) is 21.7 Å². The van der Waals surface area contributed by atoms with Gasteiger partial charge in [0, 0.05) is 10.5 Å². The van der Waals surface area contributed by atoms with E-state index in [4.69, 9.17) is 5.73 Å². The average Bonchev–Trinajstić information content (AvgIpc) is 3.14. The van der Waals surface area contributed by atoms with E-state index in [0.29, 0.717) is 16.9 Å². The minimum Gasteiger partial charge on any atom is -0.366 e. The van der Waals surface area contributed by atoms with Gasteiger partial charge in [0.2, 0.25) is 5.91 Å². The SMILES string of the molecule is NC(=O)c1ccccc1-c1ccc2[nH]c(/C=C/c3ccc(SC(F)(F)F)cc3)nc2c1. The van der Waals surface area contributed by atoms with E-state index >= 15 is 0 Å². The van der Waals surface area contributed by atoms with Crippen LogP contribution in [0.25, 0.3) is 34.3 Å². The van der Waals surface area contributed by atoms with E-state index in [2.05, 4.69) is 9.97 Å². The highest BCUT2D eigenvalue weighted by Crippen LogP contribution is 2.36. The van der Waals surface area contributed by atoms with Gasteiger partial charge in [0.05, 0.1) is 11.0 Å². The van der Waals surface area contributed by atoms with Crippen LogP contribution in [0, 0.1) is 0 Å². The Bertz CT molecular complexity index is 1280. The second-order valence-electron chi connectivity index (χ2n) is 6.71. The van der Waals surface area contributed by atoms with Crippen molar-refractivity contribution in [2.45, 2.75) is 10.4 Å². The van der Waals surface area contributed by atoms with Gasteiger partial charge in [0.25, 0.3) is 0 Å². The number of aromatic amines is 1. The number of nitrogens with zero attached hydrogens (tertiary/aromatic N) is 1. The number of rotatable bonds is 5. The summed E-state index contributed by atoms with van der Waals surface area (Å²) in [5.41, 5.74) is 5.44. The number of alkyl halides is 3. The largest absolute Gasteiger partial charge is 0.446 e. The number of fused-ring (bicyclic) bond motifs is 1. The minimum atomic E-state index is -4.30. The summed E-state index contributed by atoms with van der Waals surface area (Å²) in [6.07, 6.45) is 3.52. The number of nitrogens with two attached hydrogens (primary N) is 1. The maximum atomic E-state index is 12.4. The standard InChI is InChI=1S/C23H16F3N3OS/c24-23(25,26)31-16-9-5-14(6-10-16)7-12-21-28-19-11-8-15(13-20(19)29-21)17-3-1-2-4-18(17)22(27)30/h1-13H,(H2,27,30)(H,28,29)/b12-7+. The first-order valence-electron chi connectivity index (χ1n) is 9.21. The number of aromatic nitrogens is 2. The van der Waals surface area contributed by atoms with Gasteiger partial charge in [0.15, 0.2) is 0 Å². The van der Waals surface area contributed by atoms with Crippen molar-refractivity contribution in [3.8, 4) is 11.1 Å². The Hall–Kier alpha value is -3.52. The van der Waals surface area contributed by atoms with Crippen LogP contribution in [0.2, 0.25) is 0 Å². The number of primary amides is 1. The number of hydrogen-bond donors (Lipinski definition) is 2. The van der Waals surface area contributed by atoms with Crippen LogP contribution in [-0.2, 0) is 0 Å². The Morgan fingerprint density at radius 1 is 1.00 bits per heavy atom. The predicted molar refractivity (Wildman–Crippen MR) is 117 cm³/mol. The molecular weight excluding hydrogens is 423 g/mol. The molecule has 4 rings (SSSR count). The van der Waals surface area contributed by atoms with E-state index in [1.807, 2.05) is 30.3 Å². The number of halogens is 3. The number of H-pyrrole nitrogens is 1. The fourth-order valence-electron chi connectivity index (χ4n) is 3.18. The number of benzene rings is 3. The molecule has 0 unspecified atom stereocenters. The monoisotopic (exact) mass is 439 g/mol. The van der Waals surface area contributed by atoms with Crippen molar-refractivity contribution in [3.63, 3.8) is 0 Å². The molecule has 0 fully saturated rings. The lowest BCUT2D eigenvalue weighted by molar-refractivity contribution is -0.0328. The van der Waals surface area contributed by atoms with Gasteiger partial charge in [-0.25, -0.2) is 4.98 Å². The summed E-state index contributed by atoms with van der Waals surface area (Å²) in [7, 11) is 0. The molecule has 1 heterocycles. The van der Waals surface area contributed by atoms with Gasteiger partial charge in [-0.15, -0.1) is 0 Å². The molecule has 1 amide bonds. The second-order valence-corrected chi connectivity index (χ2v) is 7.85. The van der Waals surface area contributed by atoms with Gasteiger partial charge in [-0.1, -0.05) is 42.5 Å². The Kier molecular flexibility index (Phi) is 5.56. The Balaban J connectivity index is 1.57. The van der Waals surface area contributed by atoms with Crippen LogP contribution in [0.4, 0.5) is 13.2 Å². The average molecular weight is 439 g/mol. The van der Waals surface area contributed by atoms with Crippen molar-refractivity contribution >= 4 is 40.9 Å². The van der Waals surface area contributed by atoms with E-state index in [1.165, 1.54) is 12.1 Å². The lowest BCUT2D eigenvalue weighted by Crippen LogP contribution is -2.12. The summed E-state index contributed by atoms with van der Waals surface area (Å²) in [4.78, 5) is 19.6. The molecule has 31 heavy (non-hydrogen) atoms. The van der Waals surface area contributed by atoms with Crippen LogP contribution in [0.5, 0.6) is 0 Å². The minimum absolute atomic E-state index is 0.136. The third-order valence-electron chi connectivity index (χ3n) is 4.55. The fraction of sp³-hybridized carbons (Fsp3) is 0.0435. The predicted octanol–water partition coefficient (Wildman–Crippen LogP) is 6.11. The maximum absolute atomic E-state index is 12.4. The van der Waals surface area contributed by atoms with Crippen molar-refractivity contribution in [2.75, 3.05) is 0 Å². The molecule has 3 aromatic carbocycles. The molecule has 0 aliphatic carbocycles. The van der Waals surface area contributed by atoms with Gasteiger partial charge < -0.3 is 10.7 Å². The summed E-state index contributed by atoms with van der Waals surface area (Å²) in [6.45, 7) is 0. The molecule has 4 aromatic rings. The van der Waals surface area contributed by atoms with E-state index in [9.17, 15) is 18.0 Å². The molecule has 3 N–H and O–H groups in total. The third-order valence-corrected chi connectivity index (χ3v) is 5.29. The summed E-state index contributed by atoms with van der Waals surface area (Å²) < 4.78 is 37.3. The highest BCUT2D eigenvalue weighted by atomic mass is 32.2. The molecular formula is C23H16F3N3OS. The van der Waals surface area contributed by atoms with Crippen LogP contribution >= 0.6 is 11.8 Å². The van der Waals surface area contributed by atoms with E-state index < -0.39 is 11.4 Å². The topological polar surface area (TPSA) is 71.8 Å². The molecule has 0 bridgehead atoms. The van der Waals surface area contributed by atoms with Crippen molar-refractivity contribution in [2.24, 2.45) is 5.73 Å². The highest BCUT2D eigenvalue weighted by Gasteiger charge is 2.28. The summed E-state index contributed by atoms with van der Waals surface area (Å²) in [5, 5.41) is 0. The zero-order chi connectivity index (χ0) is 22.0. The van der Waals surface area contributed by atoms with Gasteiger partial charge in [-0.3, -0.25) is 4.79 Å². The van der Waals surface area contributed by atoms with Crippen molar-refractivity contribution in [3.05, 3.63) is 83.7 Å². The molecule has 1 aromatic heterocycles. The summed E-state index contributed by atoms with van der Waals surface area (Å²) >= 11 is -0.142. The first-order chi connectivity index (χ1) is 14.8. The van der Waals surface area contributed by atoms with Crippen LogP contribution in [0.3, 0.4) is 0 Å². The first kappa shape index (κ1) is 20.7. The quantitative estimate of drug-likeness (QED) is 0.369. The van der Waals surface area contributed by atoms with Crippen LogP contribution in [-0.4, -0.2) is 21.4 Å². The molecule has 0 saturated carbocycles. The lowest BCUT2D eigenvalue weighted by atomic mass is 9.99. The summed E-state index contributed by atoms with van der Waals surface area (Å²) in [5.74, 6) is 0.102. The Morgan fingerprint density at radius 2 is 1.74 bits per heavy atom. The first-order valence-corrected chi connectivity index (χ1v) is 10.0. The maximum Gasteiger partial charge on any atom is 0.446 e. The number of imidazole rings is 1. The molecule has 0 radical (unpaired) electrons. The normalized spacial score (nSPS) is 12.0. The summed E-state index contributed by atoms with van der Waals surface area (Å²) in [6, 6.07) is 18.8. The number of carbonyl (C=O) groups excluding carboxylic acids is 1. The van der Waals surface area contributed by atoms with Crippen molar-refractivity contribution in [1.82, 2.24) is 9.97 Å². The molecule has 0 aliphatic heterocycles. The molecule has 0 spiro atoms. The van der Waals surface area contributed by atoms with E-state index in [1.54, 1.807) is 36.4 Å². The second kappa shape index (κ2) is 8.31. The van der Waals surface area contributed by atoms with Crippen LogP contribution < -0.4 is 5.73 Å². The van der Waals surface area contributed by atoms with Crippen molar-refractivity contribution in [1.29, 1.82) is 0 Å². The van der Waals surface area contributed by atoms with Crippen molar-refractivity contribution < 1.29 is 18.0 Å². The van der Waals surface area contributed by atoms with E-state index in [-0.39, 0.29) is 16.7 Å². The van der Waals surface area contributed by atoms with Gasteiger partial charge in [0.1, 0.15) is 5.82 Å². The molecule has 0 atom stereocenters. The smallest absolute Gasteiger partial charge is 0.366 e. The molecule has 8 heteroatoms. The van der Waals surface area contributed by atoms with E-state index in [0.717, 1.165) is 22.2 Å². The fourth-order valence-corrected chi connectivity index (χ4v) is 3.72.